The van der Waals surface area contributed by atoms with Crippen LogP contribution in [0.5, 0.6) is 0 Å². The maximum Gasteiger partial charge on any atom is 0.325 e. The number of carbonyl (C=O) groups is 3. The molecular weight excluding hydrogens is 374 g/mol. The van der Waals surface area contributed by atoms with Crippen LogP contribution in [0.2, 0.25) is 0 Å². The topological polar surface area (TPSA) is 71.4 Å². The standard InChI is InChI=1S/C21H23N3O3S/c1-13-5-4-6-16(9-13)24-14(2)10-17(15(24)3)18(25)11-23-19(26)21(22-20(23)27)7-8-28-12-21/h4-6,9-10H,7-8,11-12H2,1-3H3,(H,22,27). The molecule has 6 nitrogen and oxygen atoms in total. The molecule has 3 amide bonds. The molecule has 28 heavy (non-hydrogen) atoms. The van der Waals surface area contributed by atoms with Crippen LogP contribution in [0, 0.1) is 20.8 Å². The number of rotatable bonds is 4. The van der Waals surface area contributed by atoms with E-state index in [2.05, 4.69) is 11.4 Å². The van der Waals surface area contributed by atoms with Gasteiger partial charge in [0.2, 0.25) is 0 Å². The summed E-state index contributed by atoms with van der Waals surface area (Å²) in [5.41, 5.74) is 3.60. The van der Waals surface area contributed by atoms with Crippen molar-refractivity contribution in [2.24, 2.45) is 0 Å². The van der Waals surface area contributed by atoms with Gasteiger partial charge in [0.05, 0.1) is 6.54 Å². The smallest absolute Gasteiger partial charge is 0.322 e. The van der Waals surface area contributed by atoms with Crippen molar-refractivity contribution in [3.05, 3.63) is 52.8 Å². The van der Waals surface area contributed by atoms with E-state index >= 15 is 0 Å². The number of nitrogens with one attached hydrogen (secondary N) is 1. The first-order valence-corrected chi connectivity index (χ1v) is 10.5. The fourth-order valence-corrected chi connectivity index (χ4v) is 5.42. The molecule has 1 unspecified atom stereocenters. The van der Waals surface area contributed by atoms with E-state index in [9.17, 15) is 14.4 Å². The molecule has 1 N–H and O–H groups in total. The molecule has 0 bridgehead atoms. The summed E-state index contributed by atoms with van der Waals surface area (Å²) in [6.07, 6.45) is 0.620. The van der Waals surface area contributed by atoms with Crippen LogP contribution in [0.3, 0.4) is 0 Å². The van der Waals surface area contributed by atoms with Crippen molar-refractivity contribution in [2.45, 2.75) is 32.7 Å². The summed E-state index contributed by atoms with van der Waals surface area (Å²) >= 11 is 1.65. The molecular formula is C21H23N3O3S. The van der Waals surface area contributed by atoms with Gasteiger partial charge in [-0.1, -0.05) is 12.1 Å². The lowest BCUT2D eigenvalue weighted by Crippen LogP contribution is -2.47. The maximum absolute atomic E-state index is 13.0. The number of aryl methyl sites for hydroxylation is 2. The van der Waals surface area contributed by atoms with Crippen LogP contribution in [0.1, 0.15) is 33.7 Å². The summed E-state index contributed by atoms with van der Waals surface area (Å²) in [5.74, 6) is 0.914. The lowest BCUT2D eigenvalue weighted by molar-refractivity contribution is -0.130. The Kier molecular flexibility index (Phi) is 4.57. The van der Waals surface area contributed by atoms with Crippen molar-refractivity contribution in [1.29, 1.82) is 0 Å². The van der Waals surface area contributed by atoms with Gasteiger partial charge >= 0.3 is 6.03 Å². The third-order valence-electron chi connectivity index (χ3n) is 5.56. The quantitative estimate of drug-likeness (QED) is 0.636. The minimum Gasteiger partial charge on any atom is -0.322 e. The number of nitrogens with zero attached hydrogens (tertiary/aromatic N) is 2. The average molecular weight is 398 g/mol. The zero-order valence-corrected chi connectivity index (χ0v) is 17.1. The Hall–Kier alpha value is -2.54. The number of carbonyl (C=O) groups excluding carboxylic acids is 3. The lowest BCUT2D eigenvalue weighted by Gasteiger charge is -2.19. The van der Waals surface area contributed by atoms with E-state index in [-0.39, 0.29) is 18.2 Å². The Labute approximate surface area is 168 Å². The molecule has 4 rings (SSSR count). The lowest BCUT2D eigenvalue weighted by atomic mass is 9.99. The van der Waals surface area contributed by atoms with Gasteiger partial charge in [0, 0.05) is 28.4 Å². The first kappa shape index (κ1) is 18.8. The average Bonchev–Trinajstić information content (AvgIpc) is 3.29. The molecule has 2 aliphatic rings. The van der Waals surface area contributed by atoms with Gasteiger partial charge in [0.1, 0.15) is 5.54 Å². The molecule has 1 spiro atoms. The van der Waals surface area contributed by atoms with Gasteiger partial charge in [-0.2, -0.15) is 11.8 Å². The Morgan fingerprint density at radius 1 is 1.21 bits per heavy atom. The predicted octanol–water partition coefficient (Wildman–Crippen LogP) is 3.01. The van der Waals surface area contributed by atoms with Crippen LogP contribution in [0.15, 0.2) is 30.3 Å². The number of thioether (sulfide) groups is 1. The van der Waals surface area contributed by atoms with E-state index in [1.165, 1.54) is 0 Å². The molecule has 1 aromatic heterocycles. The van der Waals surface area contributed by atoms with Crippen LogP contribution < -0.4 is 5.32 Å². The molecule has 2 fully saturated rings. The van der Waals surface area contributed by atoms with E-state index in [0.717, 1.165) is 33.3 Å². The third kappa shape index (κ3) is 2.94. The summed E-state index contributed by atoms with van der Waals surface area (Å²) in [5, 5.41) is 2.81. The first-order chi connectivity index (χ1) is 13.3. The highest BCUT2D eigenvalue weighted by Crippen LogP contribution is 2.33. The Morgan fingerprint density at radius 2 is 2.00 bits per heavy atom. The highest BCUT2D eigenvalue weighted by atomic mass is 32.2. The van der Waals surface area contributed by atoms with Crippen molar-refractivity contribution in [3.8, 4) is 5.69 Å². The molecule has 0 saturated carbocycles. The van der Waals surface area contributed by atoms with E-state index in [4.69, 9.17) is 0 Å². The normalized spacial score (nSPS) is 21.6. The monoisotopic (exact) mass is 397 g/mol. The fraction of sp³-hybridized carbons (Fsp3) is 0.381. The van der Waals surface area contributed by atoms with Crippen LogP contribution in [-0.2, 0) is 4.79 Å². The number of hydrogen-bond donors (Lipinski definition) is 1. The number of amides is 3. The van der Waals surface area contributed by atoms with Crippen molar-refractivity contribution in [3.63, 3.8) is 0 Å². The molecule has 0 radical (unpaired) electrons. The summed E-state index contributed by atoms with van der Waals surface area (Å²) in [6.45, 7) is 5.64. The first-order valence-electron chi connectivity index (χ1n) is 9.33. The Morgan fingerprint density at radius 3 is 2.68 bits per heavy atom. The molecule has 0 aliphatic carbocycles. The van der Waals surface area contributed by atoms with Crippen molar-refractivity contribution in [2.75, 3.05) is 18.1 Å². The second-order valence-corrected chi connectivity index (χ2v) is 8.69. The van der Waals surface area contributed by atoms with Gasteiger partial charge in [0.25, 0.3) is 5.91 Å². The third-order valence-corrected chi connectivity index (χ3v) is 6.75. The molecule has 7 heteroatoms. The van der Waals surface area contributed by atoms with Gasteiger partial charge in [-0.25, -0.2) is 4.79 Å². The number of Topliss-reactive ketones (excluding diaryl/α,β-unsaturated/α-hetero) is 1. The van der Waals surface area contributed by atoms with E-state index in [1.807, 2.05) is 49.6 Å². The zero-order chi connectivity index (χ0) is 20.1. The second kappa shape index (κ2) is 6.81. The largest absolute Gasteiger partial charge is 0.325 e. The van der Waals surface area contributed by atoms with Gasteiger partial charge in [-0.15, -0.1) is 0 Å². The molecule has 2 aromatic rings. The van der Waals surface area contributed by atoms with Gasteiger partial charge in [-0.05, 0) is 56.7 Å². The van der Waals surface area contributed by atoms with E-state index in [1.54, 1.807) is 11.8 Å². The number of benzene rings is 1. The molecule has 3 heterocycles. The number of hydrogen-bond acceptors (Lipinski definition) is 4. The van der Waals surface area contributed by atoms with Crippen LogP contribution in [-0.4, -0.2) is 50.8 Å². The number of urea groups is 1. The number of imide groups is 1. The highest BCUT2D eigenvalue weighted by molar-refractivity contribution is 7.99. The van der Waals surface area contributed by atoms with Crippen LogP contribution >= 0.6 is 11.8 Å². The maximum atomic E-state index is 13.0. The Balaban J connectivity index is 1.60. The van der Waals surface area contributed by atoms with E-state index in [0.29, 0.717) is 17.7 Å². The number of ketones is 1. The van der Waals surface area contributed by atoms with Crippen molar-refractivity contribution in [1.82, 2.24) is 14.8 Å². The summed E-state index contributed by atoms with van der Waals surface area (Å²) in [6, 6.07) is 9.44. The van der Waals surface area contributed by atoms with E-state index < -0.39 is 11.6 Å². The minimum absolute atomic E-state index is 0.224. The van der Waals surface area contributed by atoms with Crippen LogP contribution in [0.25, 0.3) is 5.69 Å². The molecule has 2 aliphatic heterocycles. The Bertz CT molecular complexity index is 989. The van der Waals surface area contributed by atoms with Gasteiger partial charge in [-0.3, -0.25) is 14.5 Å². The molecule has 1 aromatic carbocycles. The molecule has 1 atom stereocenters. The summed E-state index contributed by atoms with van der Waals surface area (Å²) in [4.78, 5) is 39.2. The SMILES string of the molecule is Cc1cccc(-n2c(C)cc(C(=O)CN3C(=O)NC4(CCSC4)C3=O)c2C)c1. The predicted molar refractivity (Wildman–Crippen MR) is 109 cm³/mol. The zero-order valence-electron chi connectivity index (χ0n) is 16.2. The van der Waals surface area contributed by atoms with Gasteiger partial charge < -0.3 is 9.88 Å². The summed E-state index contributed by atoms with van der Waals surface area (Å²) < 4.78 is 2.03. The summed E-state index contributed by atoms with van der Waals surface area (Å²) in [7, 11) is 0. The molecule has 2 saturated heterocycles. The highest BCUT2D eigenvalue weighted by Gasteiger charge is 2.53. The van der Waals surface area contributed by atoms with Crippen molar-refractivity contribution >= 4 is 29.5 Å². The molecule has 146 valence electrons. The fourth-order valence-electron chi connectivity index (χ4n) is 4.09. The minimum atomic E-state index is -0.819. The van der Waals surface area contributed by atoms with Crippen molar-refractivity contribution < 1.29 is 14.4 Å². The second-order valence-electron chi connectivity index (χ2n) is 7.59. The van der Waals surface area contributed by atoms with Gasteiger partial charge in [0.15, 0.2) is 5.78 Å². The number of aromatic nitrogens is 1. The van der Waals surface area contributed by atoms with Crippen LogP contribution in [0.4, 0.5) is 4.79 Å².